The number of thiophene rings is 1. The van der Waals surface area contributed by atoms with Crippen LogP contribution in [0.15, 0.2) is 38.6 Å². The zero-order valence-corrected chi connectivity index (χ0v) is 13.4. The summed E-state index contributed by atoms with van der Waals surface area (Å²) >= 11 is 8.26. The lowest BCUT2D eigenvalue weighted by molar-refractivity contribution is 0.462. The van der Waals surface area contributed by atoms with Crippen molar-refractivity contribution in [3.05, 3.63) is 49.0 Å². The van der Waals surface area contributed by atoms with Gasteiger partial charge in [0.15, 0.2) is 0 Å². The minimum atomic E-state index is -0.297. The van der Waals surface area contributed by atoms with E-state index in [0.29, 0.717) is 10.0 Å². The maximum Gasteiger partial charge on any atom is 0.134 e. The van der Waals surface area contributed by atoms with Gasteiger partial charge in [-0.2, -0.15) is 0 Å². The summed E-state index contributed by atoms with van der Waals surface area (Å²) in [4.78, 5) is 1.03. The minimum absolute atomic E-state index is 0. The molecule has 6 heteroatoms. The molecule has 0 unspecified atom stereocenters. The summed E-state index contributed by atoms with van der Waals surface area (Å²) in [5, 5.41) is 11.9. The van der Waals surface area contributed by atoms with E-state index in [9.17, 15) is 5.11 Å². The molecule has 0 fully saturated rings. The molecule has 0 aliphatic carbocycles. The molecule has 3 N–H and O–H groups in total. The smallest absolute Gasteiger partial charge is 0.134 e. The Hall–Kier alpha value is -0.0700. The first-order chi connectivity index (χ1) is 7.59. The van der Waals surface area contributed by atoms with Gasteiger partial charge in [0, 0.05) is 14.9 Å². The number of hydrogen-bond donors (Lipinski definition) is 2. The fourth-order valence-corrected chi connectivity index (χ4v) is 3.45. The maximum absolute atomic E-state index is 9.95. The van der Waals surface area contributed by atoms with Gasteiger partial charge in [0.1, 0.15) is 5.75 Å². The number of phenolic OH excluding ortho intramolecular Hbond substituents is 1. The molecule has 92 valence electrons. The van der Waals surface area contributed by atoms with Crippen molar-refractivity contribution in [1.29, 1.82) is 0 Å². The highest BCUT2D eigenvalue weighted by atomic mass is 79.9. The molecule has 0 saturated carbocycles. The molecule has 1 atom stereocenters. The maximum atomic E-state index is 9.95. The van der Waals surface area contributed by atoms with Gasteiger partial charge in [-0.25, -0.2) is 0 Å². The third-order valence-electron chi connectivity index (χ3n) is 2.24. The second kappa shape index (κ2) is 6.20. The lowest BCUT2D eigenvalue weighted by Crippen LogP contribution is -2.10. The van der Waals surface area contributed by atoms with Crippen LogP contribution in [0.4, 0.5) is 0 Å². The first-order valence-corrected chi connectivity index (χ1v) is 7.03. The molecule has 0 spiro atoms. The normalized spacial score (nSPS) is 11.9. The number of aromatic hydroxyl groups is 1. The first-order valence-electron chi connectivity index (χ1n) is 4.56. The van der Waals surface area contributed by atoms with Gasteiger partial charge in [-0.15, -0.1) is 23.7 Å². The molecular formula is C11H10Br2ClNOS. The minimum Gasteiger partial charge on any atom is -0.506 e. The van der Waals surface area contributed by atoms with Crippen molar-refractivity contribution < 1.29 is 5.11 Å². The predicted octanol–water partition coefficient (Wildman–Crippen LogP) is 4.45. The Morgan fingerprint density at radius 3 is 2.59 bits per heavy atom. The van der Waals surface area contributed by atoms with Crippen LogP contribution in [0.2, 0.25) is 0 Å². The SMILES string of the molecule is Cl.N[C@H](c1cccs1)c1cc(Br)cc(Br)c1O. The van der Waals surface area contributed by atoms with Gasteiger partial charge in [-0.1, -0.05) is 22.0 Å². The summed E-state index contributed by atoms with van der Waals surface area (Å²) in [6.07, 6.45) is 0. The van der Waals surface area contributed by atoms with Crippen LogP contribution in [0.5, 0.6) is 5.75 Å². The van der Waals surface area contributed by atoms with E-state index < -0.39 is 0 Å². The molecule has 2 nitrogen and oxygen atoms in total. The Kier molecular flexibility index (Phi) is 5.47. The third kappa shape index (κ3) is 3.23. The standard InChI is InChI=1S/C11H9Br2NOS.ClH/c12-6-4-7(11(15)8(13)5-6)10(14)9-2-1-3-16-9;/h1-5,10,15H,14H2;1H/t10-;/m0./s1. The van der Waals surface area contributed by atoms with Gasteiger partial charge in [-0.3, -0.25) is 0 Å². The van der Waals surface area contributed by atoms with Crippen molar-refractivity contribution in [3.8, 4) is 5.75 Å². The van der Waals surface area contributed by atoms with Crippen molar-refractivity contribution >= 4 is 55.6 Å². The fraction of sp³-hybridized carbons (Fsp3) is 0.0909. The van der Waals surface area contributed by atoms with Crippen LogP contribution in [0.25, 0.3) is 0 Å². The second-order valence-electron chi connectivity index (χ2n) is 3.32. The first kappa shape index (κ1) is 15.0. The molecule has 0 aliphatic rings. The van der Waals surface area contributed by atoms with E-state index in [1.165, 1.54) is 0 Å². The summed E-state index contributed by atoms with van der Waals surface area (Å²) in [5.41, 5.74) is 6.82. The van der Waals surface area contributed by atoms with Gasteiger partial charge >= 0.3 is 0 Å². The lowest BCUT2D eigenvalue weighted by atomic mass is 10.1. The monoisotopic (exact) mass is 397 g/mol. The van der Waals surface area contributed by atoms with E-state index in [0.717, 1.165) is 9.35 Å². The summed E-state index contributed by atoms with van der Waals surface area (Å²) in [7, 11) is 0. The van der Waals surface area contributed by atoms with Gasteiger partial charge in [0.05, 0.1) is 10.5 Å². The molecule has 1 heterocycles. The zero-order valence-electron chi connectivity index (χ0n) is 8.56. The average molecular weight is 400 g/mol. The van der Waals surface area contributed by atoms with Crippen LogP contribution in [-0.4, -0.2) is 5.11 Å². The number of halogens is 3. The van der Waals surface area contributed by atoms with Gasteiger partial charge in [0.25, 0.3) is 0 Å². The quantitative estimate of drug-likeness (QED) is 0.784. The molecule has 0 amide bonds. The number of phenols is 1. The predicted molar refractivity (Wildman–Crippen MR) is 81.1 cm³/mol. The van der Waals surface area contributed by atoms with E-state index in [4.69, 9.17) is 5.73 Å². The summed E-state index contributed by atoms with van der Waals surface area (Å²) < 4.78 is 1.53. The number of benzene rings is 1. The van der Waals surface area contributed by atoms with Crippen LogP contribution in [0.1, 0.15) is 16.5 Å². The molecule has 2 aromatic rings. The topological polar surface area (TPSA) is 46.2 Å². The number of nitrogens with two attached hydrogens (primary N) is 1. The average Bonchev–Trinajstić information content (AvgIpc) is 2.75. The van der Waals surface area contributed by atoms with Crippen molar-refractivity contribution in [3.63, 3.8) is 0 Å². The van der Waals surface area contributed by atoms with Crippen LogP contribution < -0.4 is 5.73 Å². The Bertz CT molecular complexity index is 504. The summed E-state index contributed by atoms with van der Waals surface area (Å²) in [6, 6.07) is 7.24. The molecule has 17 heavy (non-hydrogen) atoms. The molecule has 0 radical (unpaired) electrons. The van der Waals surface area contributed by atoms with Crippen molar-refractivity contribution in [2.75, 3.05) is 0 Å². The fourth-order valence-electron chi connectivity index (χ4n) is 1.44. The Morgan fingerprint density at radius 1 is 1.29 bits per heavy atom. The van der Waals surface area contributed by atoms with Gasteiger partial charge in [0.2, 0.25) is 0 Å². The van der Waals surface area contributed by atoms with E-state index in [1.807, 2.05) is 23.6 Å². The van der Waals surface area contributed by atoms with Crippen LogP contribution >= 0.6 is 55.6 Å². The van der Waals surface area contributed by atoms with Crippen LogP contribution in [-0.2, 0) is 0 Å². The van der Waals surface area contributed by atoms with Crippen molar-refractivity contribution in [2.24, 2.45) is 5.73 Å². The second-order valence-corrected chi connectivity index (χ2v) is 6.07. The van der Waals surface area contributed by atoms with Crippen LogP contribution in [0, 0.1) is 0 Å². The van der Waals surface area contributed by atoms with Gasteiger partial charge < -0.3 is 10.8 Å². The summed E-state index contributed by atoms with van der Waals surface area (Å²) in [5.74, 6) is 0.198. The van der Waals surface area contributed by atoms with E-state index >= 15 is 0 Å². The van der Waals surface area contributed by atoms with Crippen molar-refractivity contribution in [2.45, 2.75) is 6.04 Å². The van der Waals surface area contributed by atoms with Crippen LogP contribution in [0.3, 0.4) is 0 Å². The Morgan fingerprint density at radius 2 is 2.00 bits per heavy atom. The molecule has 2 rings (SSSR count). The largest absolute Gasteiger partial charge is 0.506 e. The molecule has 0 aliphatic heterocycles. The highest BCUT2D eigenvalue weighted by Gasteiger charge is 2.16. The Labute approximate surface area is 127 Å². The molecule has 0 bridgehead atoms. The summed E-state index contributed by atoms with van der Waals surface area (Å²) in [6.45, 7) is 0. The number of hydrogen-bond acceptors (Lipinski definition) is 3. The van der Waals surface area contributed by atoms with Gasteiger partial charge in [-0.05, 0) is 39.5 Å². The highest BCUT2D eigenvalue weighted by Crippen LogP contribution is 2.37. The zero-order chi connectivity index (χ0) is 11.7. The lowest BCUT2D eigenvalue weighted by Gasteiger charge is -2.13. The molecule has 1 aromatic carbocycles. The highest BCUT2D eigenvalue weighted by molar-refractivity contribution is 9.11. The number of rotatable bonds is 2. The molecular weight excluding hydrogens is 389 g/mol. The van der Waals surface area contributed by atoms with E-state index in [1.54, 1.807) is 17.4 Å². The Balaban J connectivity index is 0.00000144. The van der Waals surface area contributed by atoms with E-state index in [-0.39, 0.29) is 24.2 Å². The molecule has 0 saturated heterocycles. The van der Waals surface area contributed by atoms with E-state index in [2.05, 4.69) is 31.9 Å². The van der Waals surface area contributed by atoms with Crippen molar-refractivity contribution in [1.82, 2.24) is 0 Å². The molecule has 1 aromatic heterocycles. The third-order valence-corrected chi connectivity index (χ3v) is 4.26.